The van der Waals surface area contributed by atoms with Crippen molar-refractivity contribution in [2.24, 2.45) is 5.10 Å². The van der Waals surface area contributed by atoms with Gasteiger partial charge in [-0.1, -0.05) is 41.6 Å². The molecule has 0 radical (unpaired) electrons. The first-order valence-electron chi connectivity index (χ1n) is 9.74. The number of ether oxygens (including phenoxy) is 1. The number of aromatic nitrogens is 2. The number of carbonyl (C=O) groups is 1. The molecular formula is C23H22I2N4O2S. The zero-order valence-corrected chi connectivity index (χ0v) is 23.0. The fourth-order valence-electron chi connectivity index (χ4n) is 2.73. The molecule has 3 aromatic rings. The van der Waals surface area contributed by atoms with Gasteiger partial charge in [0.25, 0.3) is 5.91 Å². The first-order valence-corrected chi connectivity index (χ1v) is 12.9. The van der Waals surface area contributed by atoms with Crippen molar-refractivity contribution < 1.29 is 9.53 Å². The van der Waals surface area contributed by atoms with Crippen LogP contribution in [0.25, 0.3) is 0 Å². The Morgan fingerprint density at radius 1 is 1.06 bits per heavy atom. The Morgan fingerprint density at radius 3 is 2.31 bits per heavy atom. The Bertz CT molecular complexity index is 1090. The van der Waals surface area contributed by atoms with Crippen LogP contribution >= 0.6 is 56.9 Å². The van der Waals surface area contributed by atoms with Gasteiger partial charge in [-0.05, 0) is 95.3 Å². The van der Waals surface area contributed by atoms with E-state index in [4.69, 9.17) is 4.74 Å². The molecular weight excluding hydrogens is 650 g/mol. The van der Waals surface area contributed by atoms with Crippen LogP contribution in [0.3, 0.4) is 0 Å². The summed E-state index contributed by atoms with van der Waals surface area (Å²) in [4.78, 5) is 20.7. The van der Waals surface area contributed by atoms with E-state index in [0.717, 1.165) is 35.4 Å². The number of hydrogen-bond donors (Lipinski definition) is 1. The van der Waals surface area contributed by atoms with Crippen LogP contribution in [0.1, 0.15) is 28.1 Å². The molecule has 3 rings (SSSR count). The number of carbonyl (C=O) groups excluding carboxylic acids is 1. The van der Waals surface area contributed by atoms with Gasteiger partial charge in [0, 0.05) is 11.4 Å². The number of halogens is 2. The number of amides is 1. The Kier molecular flexibility index (Phi) is 9.29. The number of hydrazone groups is 1. The van der Waals surface area contributed by atoms with E-state index in [1.165, 1.54) is 17.3 Å². The molecule has 0 spiro atoms. The fourth-order valence-corrected chi connectivity index (χ4v) is 5.60. The van der Waals surface area contributed by atoms with E-state index >= 15 is 0 Å². The smallest absolute Gasteiger partial charge is 0.250 e. The molecule has 9 heteroatoms. The summed E-state index contributed by atoms with van der Waals surface area (Å²) < 4.78 is 8.00. The normalized spacial score (nSPS) is 11.0. The fraction of sp³-hybridized carbons (Fsp3) is 0.217. The second-order valence-electron chi connectivity index (χ2n) is 7.10. The molecule has 1 aromatic heterocycles. The maximum absolute atomic E-state index is 12.1. The Balaban J connectivity index is 1.53. The summed E-state index contributed by atoms with van der Waals surface area (Å²) in [6.45, 7) is 6.39. The molecule has 1 heterocycles. The molecule has 0 aliphatic heterocycles. The van der Waals surface area contributed by atoms with Crippen LogP contribution in [-0.4, -0.2) is 27.8 Å². The van der Waals surface area contributed by atoms with Gasteiger partial charge in [0.15, 0.2) is 5.16 Å². The van der Waals surface area contributed by atoms with Crippen LogP contribution in [0.4, 0.5) is 0 Å². The van der Waals surface area contributed by atoms with E-state index in [0.29, 0.717) is 11.8 Å². The highest BCUT2D eigenvalue weighted by Crippen LogP contribution is 2.29. The SMILES string of the molecule is Cc1ccc(COc2c(I)cc(/C=N\NC(=O)CSc3nc(C)cc(C)n3)cc2I)cc1. The molecule has 0 saturated heterocycles. The zero-order chi connectivity index (χ0) is 23.1. The molecule has 0 fully saturated rings. The molecule has 0 aliphatic carbocycles. The van der Waals surface area contributed by atoms with Gasteiger partial charge < -0.3 is 4.74 Å². The second kappa shape index (κ2) is 11.9. The van der Waals surface area contributed by atoms with Gasteiger partial charge in [0.1, 0.15) is 12.4 Å². The highest BCUT2D eigenvalue weighted by atomic mass is 127. The lowest BCUT2D eigenvalue weighted by atomic mass is 10.2. The summed E-state index contributed by atoms with van der Waals surface area (Å²) in [6.07, 6.45) is 1.63. The van der Waals surface area contributed by atoms with Gasteiger partial charge in [-0.15, -0.1) is 0 Å². The molecule has 0 saturated carbocycles. The van der Waals surface area contributed by atoms with Gasteiger partial charge in [-0.3, -0.25) is 4.79 Å². The lowest BCUT2D eigenvalue weighted by molar-refractivity contribution is -0.118. The number of rotatable bonds is 8. The van der Waals surface area contributed by atoms with Crippen molar-refractivity contribution in [3.8, 4) is 5.75 Å². The monoisotopic (exact) mass is 672 g/mol. The number of nitrogens with one attached hydrogen (secondary N) is 1. The van der Waals surface area contributed by atoms with E-state index in [1.54, 1.807) is 6.21 Å². The quantitative estimate of drug-likeness (QED) is 0.114. The minimum Gasteiger partial charge on any atom is -0.487 e. The molecule has 0 unspecified atom stereocenters. The van der Waals surface area contributed by atoms with Crippen molar-refractivity contribution in [2.75, 3.05) is 5.75 Å². The average molecular weight is 672 g/mol. The summed E-state index contributed by atoms with van der Waals surface area (Å²) in [7, 11) is 0. The van der Waals surface area contributed by atoms with Gasteiger partial charge >= 0.3 is 0 Å². The minimum atomic E-state index is -0.212. The number of thioether (sulfide) groups is 1. The number of aryl methyl sites for hydroxylation is 3. The van der Waals surface area contributed by atoms with E-state index in [2.05, 4.69) is 96.9 Å². The van der Waals surface area contributed by atoms with Crippen LogP contribution in [-0.2, 0) is 11.4 Å². The number of benzene rings is 2. The second-order valence-corrected chi connectivity index (χ2v) is 10.4. The van der Waals surface area contributed by atoms with Crippen molar-refractivity contribution >= 4 is 69.1 Å². The van der Waals surface area contributed by atoms with Crippen molar-refractivity contribution in [3.63, 3.8) is 0 Å². The molecule has 166 valence electrons. The summed E-state index contributed by atoms with van der Waals surface area (Å²) in [5.74, 6) is 0.829. The lowest BCUT2D eigenvalue weighted by Crippen LogP contribution is -2.19. The predicted octanol–water partition coefficient (Wildman–Crippen LogP) is 5.43. The standard InChI is InChI=1S/C23H22I2N4O2S/c1-14-4-6-17(7-5-14)12-31-22-19(24)9-18(10-20(22)25)11-26-29-21(30)13-32-23-27-15(2)8-16(3)28-23/h4-11H,12-13H2,1-3H3,(H,29,30)/b26-11-. The van der Waals surface area contributed by atoms with Crippen LogP contribution in [0.15, 0.2) is 52.7 Å². The van der Waals surface area contributed by atoms with E-state index in [-0.39, 0.29) is 11.7 Å². The third-order valence-corrected chi connectivity index (χ3v) is 6.67. The van der Waals surface area contributed by atoms with Crippen molar-refractivity contribution in [2.45, 2.75) is 32.5 Å². The summed E-state index contributed by atoms with van der Waals surface area (Å²) in [6, 6.07) is 14.1. The highest BCUT2D eigenvalue weighted by Gasteiger charge is 2.09. The highest BCUT2D eigenvalue weighted by molar-refractivity contribution is 14.1. The molecule has 2 aromatic carbocycles. The molecule has 0 atom stereocenters. The van der Waals surface area contributed by atoms with Crippen LogP contribution in [0.2, 0.25) is 0 Å². The Labute approximate surface area is 219 Å². The third-order valence-electron chi connectivity index (χ3n) is 4.22. The van der Waals surface area contributed by atoms with Crippen molar-refractivity contribution in [1.82, 2.24) is 15.4 Å². The van der Waals surface area contributed by atoms with E-state index in [9.17, 15) is 4.79 Å². The third kappa shape index (κ3) is 7.69. The molecule has 0 bridgehead atoms. The topological polar surface area (TPSA) is 76.5 Å². The van der Waals surface area contributed by atoms with E-state index in [1.807, 2.05) is 32.0 Å². The van der Waals surface area contributed by atoms with Crippen LogP contribution in [0.5, 0.6) is 5.75 Å². The predicted molar refractivity (Wildman–Crippen MR) is 145 cm³/mol. The van der Waals surface area contributed by atoms with Crippen molar-refractivity contribution in [3.05, 3.63) is 77.7 Å². The maximum Gasteiger partial charge on any atom is 0.250 e. The average Bonchev–Trinajstić information content (AvgIpc) is 2.72. The number of nitrogens with zero attached hydrogens (tertiary/aromatic N) is 3. The molecule has 1 N–H and O–H groups in total. The Hall–Kier alpha value is -1.73. The van der Waals surface area contributed by atoms with Gasteiger partial charge in [-0.2, -0.15) is 5.10 Å². The molecule has 6 nitrogen and oxygen atoms in total. The molecule has 1 amide bonds. The molecule has 32 heavy (non-hydrogen) atoms. The first-order chi connectivity index (χ1) is 15.3. The van der Waals surface area contributed by atoms with Crippen molar-refractivity contribution in [1.29, 1.82) is 0 Å². The molecule has 0 aliphatic rings. The number of hydrogen-bond acceptors (Lipinski definition) is 6. The van der Waals surface area contributed by atoms with E-state index < -0.39 is 0 Å². The largest absolute Gasteiger partial charge is 0.487 e. The van der Waals surface area contributed by atoms with Crippen LogP contribution < -0.4 is 10.2 Å². The summed E-state index contributed by atoms with van der Waals surface area (Å²) in [5, 5.41) is 4.67. The summed E-state index contributed by atoms with van der Waals surface area (Å²) >= 11 is 5.79. The summed E-state index contributed by atoms with van der Waals surface area (Å²) in [5.41, 5.74) is 7.55. The first kappa shape index (κ1) is 24.9. The maximum atomic E-state index is 12.1. The van der Waals surface area contributed by atoms with Crippen LogP contribution in [0, 0.1) is 27.9 Å². The van der Waals surface area contributed by atoms with Gasteiger partial charge in [0.2, 0.25) is 0 Å². The zero-order valence-electron chi connectivity index (χ0n) is 17.9. The lowest BCUT2D eigenvalue weighted by Gasteiger charge is -2.11. The Morgan fingerprint density at radius 2 is 1.69 bits per heavy atom. The van der Waals surface area contributed by atoms with Gasteiger partial charge in [-0.25, -0.2) is 15.4 Å². The minimum absolute atomic E-state index is 0.196. The van der Waals surface area contributed by atoms with Gasteiger partial charge in [0.05, 0.1) is 19.1 Å².